The van der Waals surface area contributed by atoms with E-state index in [0.717, 1.165) is 5.75 Å². The quantitative estimate of drug-likeness (QED) is 0.539. The van der Waals surface area contributed by atoms with E-state index in [4.69, 9.17) is 9.47 Å². The zero-order chi connectivity index (χ0) is 9.84. The minimum Gasteiger partial charge on any atom is -0.435 e. The van der Waals surface area contributed by atoms with Gasteiger partial charge in [0, 0.05) is 12.9 Å². The van der Waals surface area contributed by atoms with Gasteiger partial charge in [-0.05, 0) is 13.8 Å². The molecule has 0 radical (unpaired) electrons. The van der Waals surface area contributed by atoms with Crippen molar-refractivity contribution in [3.8, 4) is 0 Å². The van der Waals surface area contributed by atoms with Crippen LogP contribution in [0.2, 0.25) is 0 Å². The summed E-state index contributed by atoms with van der Waals surface area (Å²) in [6.07, 6.45) is -0.463. The summed E-state index contributed by atoms with van der Waals surface area (Å²) in [4.78, 5) is 11.4. The highest BCUT2D eigenvalue weighted by Gasteiger charge is 2.29. The zero-order valence-electron chi connectivity index (χ0n) is 8.07. The highest BCUT2D eigenvalue weighted by atomic mass is 32.2. The van der Waals surface area contributed by atoms with Gasteiger partial charge in [-0.25, -0.2) is 0 Å². The van der Waals surface area contributed by atoms with Crippen molar-refractivity contribution < 1.29 is 14.3 Å². The molecule has 3 atom stereocenters. The third-order valence-corrected chi connectivity index (χ3v) is 3.01. The fourth-order valence-corrected chi connectivity index (χ4v) is 2.02. The van der Waals surface area contributed by atoms with Crippen LogP contribution >= 0.6 is 11.8 Å². The van der Waals surface area contributed by atoms with Gasteiger partial charge in [0.2, 0.25) is 0 Å². The predicted octanol–water partition coefficient (Wildman–Crippen LogP) is 0.573. The average molecular weight is 205 g/mol. The van der Waals surface area contributed by atoms with Crippen molar-refractivity contribution in [2.45, 2.75) is 31.6 Å². The topological polar surface area (TPSA) is 47.6 Å². The molecule has 1 heterocycles. The van der Waals surface area contributed by atoms with Gasteiger partial charge in [-0.2, -0.15) is 0 Å². The highest BCUT2D eigenvalue weighted by molar-refractivity contribution is 8.00. The second-order valence-electron chi connectivity index (χ2n) is 2.94. The molecule has 0 aromatic rings. The Morgan fingerprint density at radius 2 is 2.38 bits per heavy atom. The summed E-state index contributed by atoms with van der Waals surface area (Å²) >= 11 is 1.72. The van der Waals surface area contributed by atoms with Crippen molar-refractivity contribution in [1.82, 2.24) is 5.32 Å². The normalized spacial score (nSPS) is 30.1. The van der Waals surface area contributed by atoms with E-state index in [1.807, 2.05) is 6.92 Å². The van der Waals surface area contributed by atoms with Crippen molar-refractivity contribution in [3.63, 3.8) is 0 Å². The van der Waals surface area contributed by atoms with Crippen LogP contribution in [-0.2, 0) is 14.3 Å². The van der Waals surface area contributed by atoms with Crippen LogP contribution in [0.1, 0.15) is 13.8 Å². The summed E-state index contributed by atoms with van der Waals surface area (Å²) < 4.78 is 9.82. The van der Waals surface area contributed by atoms with Crippen LogP contribution in [0, 0.1) is 0 Å². The van der Waals surface area contributed by atoms with E-state index in [9.17, 15) is 4.79 Å². The first-order chi connectivity index (χ1) is 6.13. The van der Waals surface area contributed by atoms with Gasteiger partial charge in [0.05, 0.1) is 5.37 Å². The molecule has 3 unspecified atom stereocenters. The number of carbonyl (C=O) groups excluding carboxylic acids is 1. The Labute approximate surface area is 82.3 Å². The van der Waals surface area contributed by atoms with Crippen molar-refractivity contribution >= 4 is 17.7 Å². The Morgan fingerprint density at radius 1 is 1.69 bits per heavy atom. The monoisotopic (exact) mass is 205 g/mol. The van der Waals surface area contributed by atoms with Crippen LogP contribution in [0.5, 0.6) is 0 Å². The van der Waals surface area contributed by atoms with Crippen LogP contribution < -0.4 is 5.32 Å². The van der Waals surface area contributed by atoms with Gasteiger partial charge in [0.1, 0.15) is 6.04 Å². The Hall–Kier alpha value is -0.260. The van der Waals surface area contributed by atoms with Gasteiger partial charge in [-0.3, -0.25) is 10.1 Å². The van der Waals surface area contributed by atoms with E-state index >= 15 is 0 Å². The number of rotatable bonds is 3. The van der Waals surface area contributed by atoms with Crippen LogP contribution in [0.3, 0.4) is 0 Å². The van der Waals surface area contributed by atoms with Crippen molar-refractivity contribution in [1.29, 1.82) is 0 Å². The molecule has 1 N–H and O–H groups in total. The third kappa shape index (κ3) is 3.17. The number of ether oxygens (including phenoxy) is 2. The van der Waals surface area contributed by atoms with E-state index in [0.29, 0.717) is 5.37 Å². The second-order valence-corrected chi connectivity index (χ2v) is 4.31. The molecule has 0 aliphatic carbocycles. The molecule has 0 amide bonds. The summed E-state index contributed by atoms with van der Waals surface area (Å²) in [6, 6.07) is -0.183. The maximum Gasteiger partial charge on any atom is 0.326 e. The Kier molecular flexibility index (Phi) is 4.02. The van der Waals surface area contributed by atoms with Gasteiger partial charge in [0.25, 0.3) is 0 Å². The van der Waals surface area contributed by atoms with Gasteiger partial charge in [-0.15, -0.1) is 11.8 Å². The summed E-state index contributed by atoms with van der Waals surface area (Å²) in [6.45, 7) is 3.72. The summed E-state index contributed by atoms with van der Waals surface area (Å²) in [5.41, 5.74) is 0. The number of methoxy groups -OCH3 is 1. The van der Waals surface area contributed by atoms with E-state index in [2.05, 4.69) is 5.32 Å². The summed E-state index contributed by atoms with van der Waals surface area (Å²) in [5, 5.41) is 3.44. The average Bonchev–Trinajstić information content (AvgIpc) is 2.51. The molecule has 1 aliphatic heterocycles. The number of esters is 1. The standard InChI is InChI=1S/C8H15NO3S/c1-5-9-7(4-13-5)8(10)12-6(2)11-3/h5-7,9H,4H2,1-3H3. The lowest BCUT2D eigenvalue weighted by molar-refractivity contribution is -0.171. The fraction of sp³-hybridized carbons (Fsp3) is 0.875. The number of nitrogens with one attached hydrogen (secondary N) is 1. The number of hydrogen-bond acceptors (Lipinski definition) is 5. The molecule has 5 heteroatoms. The molecular formula is C8H15NO3S. The summed E-state index contributed by atoms with van der Waals surface area (Å²) in [5.74, 6) is 0.544. The lowest BCUT2D eigenvalue weighted by Crippen LogP contribution is -2.38. The minimum absolute atomic E-state index is 0.183. The number of carbonyl (C=O) groups is 1. The van der Waals surface area contributed by atoms with Crippen molar-refractivity contribution in [2.75, 3.05) is 12.9 Å². The van der Waals surface area contributed by atoms with Crippen LogP contribution in [0.25, 0.3) is 0 Å². The highest BCUT2D eigenvalue weighted by Crippen LogP contribution is 2.18. The molecule has 1 rings (SSSR count). The molecule has 0 spiro atoms. The Bertz CT molecular complexity index is 188. The van der Waals surface area contributed by atoms with Gasteiger partial charge in [-0.1, -0.05) is 0 Å². The molecule has 1 saturated heterocycles. The fourth-order valence-electron chi connectivity index (χ4n) is 1.05. The smallest absolute Gasteiger partial charge is 0.326 e. The molecular weight excluding hydrogens is 190 g/mol. The Balaban J connectivity index is 2.31. The lowest BCUT2D eigenvalue weighted by Gasteiger charge is -2.14. The lowest BCUT2D eigenvalue weighted by atomic mass is 10.3. The molecule has 76 valence electrons. The minimum atomic E-state index is -0.463. The molecule has 0 saturated carbocycles. The van der Waals surface area contributed by atoms with E-state index in [1.54, 1.807) is 18.7 Å². The molecule has 13 heavy (non-hydrogen) atoms. The molecule has 1 aliphatic rings. The van der Waals surface area contributed by atoms with Gasteiger partial charge in [0.15, 0.2) is 6.29 Å². The van der Waals surface area contributed by atoms with E-state index in [1.165, 1.54) is 7.11 Å². The maximum absolute atomic E-state index is 11.4. The second kappa shape index (κ2) is 4.83. The molecule has 4 nitrogen and oxygen atoms in total. The zero-order valence-corrected chi connectivity index (χ0v) is 8.89. The Morgan fingerprint density at radius 3 is 2.85 bits per heavy atom. The van der Waals surface area contributed by atoms with Gasteiger partial charge < -0.3 is 9.47 Å². The largest absolute Gasteiger partial charge is 0.435 e. The SMILES string of the molecule is COC(C)OC(=O)C1CSC(C)N1. The number of hydrogen-bond donors (Lipinski definition) is 1. The third-order valence-electron chi connectivity index (χ3n) is 1.85. The first-order valence-electron chi connectivity index (χ1n) is 4.24. The molecule has 0 aromatic carbocycles. The molecule has 0 bridgehead atoms. The van der Waals surface area contributed by atoms with E-state index in [-0.39, 0.29) is 12.0 Å². The predicted molar refractivity (Wildman–Crippen MR) is 51.4 cm³/mol. The van der Waals surface area contributed by atoms with Crippen LogP contribution in [-0.4, -0.2) is 36.5 Å². The van der Waals surface area contributed by atoms with E-state index < -0.39 is 6.29 Å². The first kappa shape index (κ1) is 10.8. The van der Waals surface area contributed by atoms with Crippen LogP contribution in [0.4, 0.5) is 0 Å². The van der Waals surface area contributed by atoms with Gasteiger partial charge >= 0.3 is 5.97 Å². The van der Waals surface area contributed by atoms with Crippen molar-refractivity contribution in [3.05, 3.63) is 0 Å². The molecule has 1 fully saturated rings. The molecule has 0 aromatic heterocycles. The number of thioether (sulfide) groups is 1. The maximum atomic E-state index is 11.4. The summed E-state index contributed by atoms with van der Waals surface area (Å²) in [7, 11) is 1.51. The van der Waals surface area contributed by atoms with Crippen LogP contribution in [0.15, 0.2) is 0 Å². The first-order valence-corrected chi connectivity index (χ1v) is 5.29. The van der Waals surface area contributed by atoms with Crippen molar-refractivity contribution in [2.24, 2.45) is 0 Å².